The lowest BCUT2D eigenvalue weighted by atomic mass is 9.78. The molecule has 168 valence electrons. The molecule has 0 aromatic heterocycles. The highest BCUT2D eigenvalue weighted by atomic mass is 16.6. The Balaban J connectivity index is 1.22. The van der Waals surface area contributed by atoms with Crippen molar-refractivity contribution in [2.45, 2.75) is 70.0 Å². The molecule has 2 aliphatic rings. The van der Waals surface area contributed by atoms with Crippen LogP contribution in [0.2, 0.25) is 0 Å². The average Bonchev–Trinajstić information content (AvgIpc) is 3.70. The number of hydrogen-bond acceptors (Lipinski definition) is 4. The van der Waals surface area contributed by atoms with Crippen LogP contribution in [0, 0.1) is 0 Å². The molecule has 31 heavy (non-hydrogen) atoms. The van der Waals surface area contributed by atoms with Crippen molar-refractivity contribution >= 4 is 0 Å². The number of benzene rings is 2. The Bertz CT molecular complexity index is 721. The summed E-state index contributed by atoms with van der Waals surface area (Å²) < 4.78 is 22.3. The zero-order chi connectivity index (χ0) is 21.5. The third kappa shape index (κ3) is 6.98. The molecule has 2 saturated heterocycles. The zero-order valence-corrected chi connectivity index (χ0v) is 19.0. The summed E-state index contributed by atoms with van der Waals surface area (Å²) in [6, 6.07) is 17.1. The van der Waals surface area contributed by atoms with E-state index < -0.39 is 0 Å². The zero-order valence-electron chi connectivity index (χ0n) is 19.0. The third-order valence-corrected chi connectivity index (χ3v) is 6.34. The van der Waals surface area contributed by atoms with Gasteiger partial charge in [0.05, 0.1) is 38.6 Å². The molecule has 2 aromatic rings. The molecule has 0 amide bonds. The van der Waals surface area contributed by atoms with E-state index in [1.807, 2.05) is 0 Å². The van der Waals surface area contributed by atoms with Crippen LogP contribution in [0.3, 0.4) is 0 Å². The lowest BCUT2D eigenvalue weighted by molar-refractivity contribution is 0.299. The van der Waals surface area contributed by atoms with Gasteiger partial charge in [0.2, 0.25) is 0 Å². The number of rotatable bonds is 14. The van der Waals surface area contributed by atoms with Gasteiger partial charge in [0.1, 0.15) is 11.5 Å². The lowest BCUT2D eigenvalue weighted by Crippen LogP contribution is -2.18. The molecule has 2 aliphatic heterocycles. The van der Waals surface area contributed by atoms with Gasteiger partial charge in [0, 0.05) is 5.41 Å². The number of unbranched alkanes of at least 4 members (excludes halogenated alkanes) is 2. The predicted molar refractivity (Wildman–Crippen MR) is 123 cm³/mol. The maximum Gasteiger partial charge on any atom is 0.119 e. The second-order valence-corrected chi connectivity index (χ2v) is 9.27. The fourth-order valence-electron chi connectivity index (χ4n) is 3.90. The van der Waals surface area contributed by atoms with Crippen LogP contribution in [0.1, 0.15) is 63.5 Å². The largest absolute Gasteiger partial charge is 0.494 e. The first kappa shape index (κ1) is 22.2. The van der Waals surface area contributed by atoms with E-state index in [4.69, 9.17) is 18.9 Å². The minimum Gasteiger partial charge on any atom is -0.494 e. The van der Waals surface area contributed by atoms with E-state index in [0.717, 1.165) is 63.6 Å². The molecule has 2 aromatic carbocycles. The van der Waals surface area contributed by atoms with E-state index in [2.05, 4.69) is 62.4 Å². The summed E-state index contributed by atoms with van der Waals surface area (Å²) in [6.07, 6.45) is 7.87. The first-order chi connectivity index (χ1) is 15.1. The SMILES string of the molecule is CC(C)(c1ccc(OCCCCC2CO2)cc1)c1ccc(OCCCCC2CO2)cc1. The molecular formula is C27H36O4. The van der Waals surface area contributed by atoms with E-state index >= 15 is 0 Å². The van der Waals surface area contributed by atoms with Crippen molar-refractivity contribution in [3.05, 3.63) is 59.7 Å². The van der Waals surface area contributed by atoms with Gasteiger partial charge in [-0.05, 0) is 73.9 Å². The smallest absolute Gasteiger partial charge is 0.119 e. The van der Waals surface area contributed by atoms with Gasteiger partial charge < -0.3 is 18.9 Å². The Morgan fingerprint density at radius 3 is 1.42 bits per heavy atom. The number of epoxide rings is 2. The quantitative estimate of drug-likeness (QED) is 0.279. The van der Waals surface area contributed by atoms with Crippen molar-refractivity contribution < 1.29 is 18.9 Å². The third-order valence-electron chi connectivity index (χ3n) is 6.34. The number of ether oxygens (including phenoxy) is 4. The molecule has 0 aliphatic carbocycles. The molecule has 0 N–H and O–H groups in total. The monoisotopic (exact) mass is 424 g/mol. The van der Waals surface area contributed by atoms with Gasteiger partial charge in [-0.3, -0.25) is 0 Å². The molecule has 2 fully saturated rings. The van der Waals surface area contributed by atoms with E-state index in [0.29, 0.717) is 12.2 Å². The fourth-order valence-corrected chi connectivity index (χ4v) is 3.90. The summed E-state index contributed by atoms with van der Waals surface area (Å²) in [4.78, 5) is 0. The van der Waals surface area contributed by atoms with Crippen LogP contribution in [0.25, 0.3) is 0 Å². The van der Waals surface area contributed by atoms with Crippen LogP contribution in [-0.4, -0.2) is 38.6 Å². The van der Waals surface area contributed by atoms with Gasteiger partial charge >= 0.3 is 0 Å². The minimum absolute atomic E-state index is 0.0778. The summed E-state index contributed by atoms with van der Waals surface area (Å²) in [7, 11) is 0. The Hall–Kier alpha value is -2.04. The molecule has 0 spiro atoms. The summed E-state index contributed by atoms with van der Waals surface area (Å²) >= 11 is 0. The lowest BCUT2D eigenvalue weighted by Gasteiger charge is -2.26. The first-order valence-corrected chi connectivity index (χ1v) is 11.8. The van der Waals surface area contributed by atoms with E-state index in [1.165, 1.54) is 24.0 Å². The molecule has 2 atom stereocenters. The summed E-state index contributed by atoms with van der Waals surface area (Å²) in [5, 5.41) is 0. The summed E-state index contributed by atoms with van der Waals surface area (Å²) in [6.45, 7) is 7.96. The molecule has 2 heterocycles. The Kier molecular flexibility index (Phi) is 7.52. The van der Waals surface area contributed by atoms with E-state index in [1.54, 1.807) is 0 Å². The molecule has 4 nitrogen and oxygen atoms in total. The van der Waals surface area contributed by atoms with Gasteiger partial charge in [0.25, 0.3) is 0 Å². The molecule has 0 bridgehead atoms. The minimum atomic E-state index is -0.0778. The van der Waals surface area contributed by atoms with Crippen LogP contribution < -0.4 is 9.47 Å². The highest BCUT2D eigenvalue weighted by molar-refractivity contribution is 5.41. The highest BCUT2D eigenvalue weighted by Crippen LogP contribution is 2.33. The fraction of sp³-hybridized carbons (Fsp3) is 0.556. The summed E-state index contributed by atoms with van der Waals surface area (Å²) in [5.74, 6) is 1.89. The second kappa shape index (κ2) is 10.5. The van der Waals surface area contributed by atoms with E-state index in [-0.39, 0.29) is 5.41 Å². The Labute approximate surface area is 186 Å². The molecule has 4 heteroatoms. The maximum absolute atomic E-state index is 5.90. The van der Waals surface area contributed by atoms with E-state index in [9.17, 15) is 0 Å². The molecular weight excluding hydrogens is 388 g/mol. The molecule has 0 saturated carbocycles. The molecule has 2 unspecified atom stereocenters. The van der Waals surface area contributed by atoms with Crippen molar-refractivity contribution in [1.82, 2.24) is 0 Å². The van der Waals surface area contributed by atoms with Crippen LogP contribution >= 0.6 is 0 Å². The predicted octanol–water partition coefficient (Wildman–Crippen LogP) is 5.91. The molecule has 4 rings (SSSR count). The van der Waals surface area contributed by atoms with Crippen molar-refractivity contribution in [3.63, 3.8) is 0 Å². The van der Waals surface area contributed by atoms with Crippen molar-refractivity contribution in [3.8, 4) is 11.5 Å². The van der Waals surface area contributed by atoms with Gasteiger partial charge in [-0.25, -0.2) is 0 Å². The van der Waals surface area contributed by atoms with Crippen molar-refractivity contribution in [1.29, 1.82) is 0 Å². The summed E-state index contributed by atoms with van der Waals surface area (Å²) in [5.41, 5.74) is 2.48. The maximum atomic E-state index is 5.90. The second-order valence-electron chi connectivity index (χ2n) is 9.27. The highest BCUT2D eigenvalue weighted by Gasteiger charge is 2.24. The standard InChI is InChI=1S/C27H36O4/c1-27(2,21-9-13-23(14-10-21)28-17-5-3-7-25-19-30-25)22-11-15-24(16-12-22)29-18-6-4-8-26-20-31-26/h9-16,25-26H,3-8,17-20H2,1-2H3. The van der Waals surface area contributed by atoms with Crippen LogP contribution in [0.4, 0.5) is 0 Å². The normalized spacial score (nSPS) is 19.8. The van der Waals surface area contributed by atoms with Gasteiger partial charge in [-0.1, -0.05) is 38.1 Å². The van der Waals surface area contributed by atoms with Crippen molar-refractivity contribution in [2.24, 2.45) is 0 Å². The van der Waals surface area contributed by atoms with Crippen molar-refractivity contribution in [2.75, 3.05) is 26.4 Å². The van der Waals surface area contributed by atoms with Crippen LogP contribution in [-0.2, 0) is 14.9 Å². The Morgan fingerprint density at radius 1 is 0.677 bits per heavy atom. The first-order valence-electron chi connectivity index (χ1n) is 11.8. The molecule has 0 radical (unpaired) electrons. The van der Waals surface area contributed by atoms with Crippen LogP contribution in [0.15, 0.2) is 48.5 Å². The average molecular weight is 425 g/mol. The van der Waals surface area contributed by atoms with Gasteiger partial charge in [-0.2, -0.15) is 0 Å². The van der Waals surface area contributed by atoms with Crippen LogP contribution in [0.5, 0.6) is 11.5 Å². The van der Waals surface area contributed by atoms with Gasteiger partial charge in [0.15, 0.2) is 0 Å². The van der Waals surface area contributed by atoms with Gasteiger partial charge in [-0.15, -0.1) is 0 Å². The Morgan fingerprint density at radius 2 is 1.06 bits per heavy atom. The number of hydrogen-bond donors (Lipinski definition) is 0. The topological polar surface area (TPSA) is 43.5 Å².